The molecule has 2 aliphatic rings. The largest absolute Gasteiger partial charge is 0.340 e. The van der Waals surface area contributed by atoms with Crippen LogP contribution in [0.4, 0.5) is 0 Å². The summed E-state index contributed by atoms with van der Waals surface area (Å²) in [5, 5.41) is 7.36. The number of nitrogens with zero attached hydrogens (tertiary/aromatic N) is 4. The first-order valence-corrected chi connectivity index (χ1v) is 8.75. The van der Waals surface area contributed by atoms with Crippen molar-refractivity contribution in [1.82, 2.24) is 25.3 Å². The number of nitrogens with one attached hydrogen (secondary N) is 1. The second-order valence-corrected chi connectivity index (χ2v) is 6.49. The number of aromatic nitrogens is 2. The fourth-order valence-electron chi connectivity index (χ4n) is 3.37. The van der Waals surface area contributed by atoms with Crippen molar-refractivity contribution in [3.8, 4) is 0 Å². The molecule has 2 fully saturated rings. The molecule has 25 heavy (non-hydrogen) atoms. The molecule has 3 rings (SSSR count). The van der Waals surface area contributed by atoms with Gasteiger partial charge in [0.1, 0.15) is 0 Å². The summed E-state index contributed by atoms with van der Waals surface area (Å²) in [6.45, 7) is 8.43. The second kappa shape index (κ2) is 10.3. The molecule has 0 saturated carbocycles. The van der Waals surface area contributed by atoms with Crippen molar-refractivity contribution < 1.29 is 9.32 Å². The van der Waals surface area contributed by atoms with Crippen molar-refractivity contribution in [2.75, 3.05) is 32.7 Å². The van der Waals surface area contributed by atoms with Crippen LogP contribution in [0.25, 0.3) is 0 Å². The number of aryl methyl sites for hydroxylation is 1. The minimum atomic E-state index is 0. The van der Waals surface area contributed by atoms with Crippen molar-refractivity contribution in [1.29, 1.82) is 0 Å². The Morgan fingerprint density at radius 3 is 2.60 bits per heavy atom. The van der Waals surface area contributed by atoms with Crippen LogP contribution in [0.15, 0.2) is 4.52 Å². The van der Waals surface area contributed by atoms with Crippen LogP contribution in [0.1, 0.15) is 50.9 Å². The minimum Gasteiger partial charge on any atom is -0.340 e. The topological polar surface area (TPSA) is 74.5 Å². The zero-order valence-corrected chi connectivity index (χ0v) is 16.6. The van der Waals surface area contributed by atoms with E-state index >= 15 is 0 Å². The fraction of sp³-hybridized carbons (Fsp3) is 0.812. The van der Waals surface area contributed by atoms with E-state index in [2.05, 4.69) is 27.3 Å². The average molecular weight is 394 g/mol. The molecular weight excluding hydrogens is 365 g/mol. The molecule has 1 aromatic heterocycles. The molecule has 1 amide bonds. The molecule has 2 aliphatic heterocycles. The number of carbonyl (C=O) groups is 1. The van der Waals surface area contributed by atoms with Gasteiger partial charge in [-0.25, -0.2) is 0 Å². The molecule has 0 bridgehead atoms. The standard InChI is InChI=1S/C16H27N5O2.2ClH/c1-3-14-18-16(23-19-14)12(2)20-7-9-21(10-8-20)15(22)11-13-5-4-6-17-13;;/h12-13,17H,3-11H2,1-2H3;2*1H. The molecule has 0 aromatic carbocycles. The zero-order valence-electron chi connectivity index (χ0n) is 14.9. The van der Waals surface area contributed by atoms with Crippen LogP contribution in [-0.2, 0) is 11.2 Å². The molecule has 3 heterocycles. The van der Waals surface area contributed by atoms with Crippen LogP contribution in [-0.4, -0.2) is 64.6 Å². The molecule has 2 unspecified atom stereocenters. The third kappa shape index (κ3) is 5.54. The third-order valence-electron chi connectivity index (χ3n) is 4.96. The molecule has 144 valence electrons. The van der Waals surface area contributed by atoms with Crippen LogP contribution in [0.5, 0.6) is 0 Å². The lowest BCUT2D eigenvalue weighted by molar-refractivity contribution is -0.133. The Labute approximate surface area is 161 Å². The van der Waals surface area contributed by atoms with E-state index in [-0.39, 0.29) is 36.8 Å². The summed E-state index contributed by atoms with van der Waals surface area (Å²) in [5.41, 5.74) is 0. The quantitative estimate of drug-likeness (QED) is 0.821. The summed E-state index contributed by atoms with van der Waals surface area (Å²) in [4.78, 5) is 21.1. The highest BCUT2D eigenvalue weighted by Gasteiger charge is 2.28. The van der Waals surface area contributed by atoms with Gasteiger partial charge in [0, 0.05) is 45.1 Å². The smallest absolute Gasteiger partial charge is 0.243 e. The number of piperazine rings is 1. The van der Waals surface area contributed by atoms with Crippen molar-refractivity contribution in [2.45, 2.75) is 51.6 Å². The van der Waals surface area contributed by atoms with E-state index in [4.69, 9.17) is 4.52 Å². The maximum Gasteiger partial charge on any atom is 0.243 e. The van der Waals surface area contributed by atoms with Gasteiger partial charge in [-0.15, -0.1) is 24.8 Å². The Morgan fingerprint density at radius 1 is 1.32 bits per heavy atom. The highest BCUT2D eigenvalue weighted by molar-refractivity contribution is 5.85. The Hall–Kier alpha value is -0.890. The Balaban J connectivity index is 0.00000156. The van der Waals surface area contributed by atoms with Crippen LogP contribution in [0, 0.1) is 0 Å². The van der Waals surface area contributed by atoms with Crippen molar-refractivity contribution >= 4 is 30.7 Å². The highest BCUT2D eigenvalue weighted by Crippen LogP contribution is 2.21. The lowest BCUT2D eigenvalue weighted by Crippen LogP contribution is -2.50. The van der Waals surface area contributed by atoms with Crippen molar-refractivity contribution in [3.63, 3.8) is 0 Å². The monoisotopic (exact) mass is 393 g/mol. The number of halogens is 2. The summed E-state index contributed by atoms with van der Waals surface area (Å²) in [6, 6.07) is 0.488. The molecule has 7 nitrogen and oxygen atoms in total. The molecule has 0 radical (unpaired) electrons. The van der Waals surface area contributed by atoms with Crippen LogP contribution >= 0.6 is 24.8 Å². The summed E-state index contributed by atoms with van der Waals surface area (Å²) in [6.07, 6.45) is 3.74. The summed E-state index contributed by atoms with van der Waals surface area (Å²) in [7, 11) is 0. The van der Waals surface area contributed by atoms with E-state index in [9.17, 15) is 4.79 Å². The predicted octanol–water partition coefficient (Wildman–Crippen LogP) is 1.82. The van der Waals surface area contributed by atoms with Crippen molar-refractivity contribution in [2.24, 2.45) is 0 Å². The molecule has 9 heteroatoms. The van der Waals surface area contributed by atoms with Gasteiger partial charge in [-0.05, 0) is 26.3 Å². The molecule has 0 aliphatic carbocycles. The first kappa shape index (κ1) is 22.2. The Bertz CT molecular complexity index is 528. The van der Waals surface area contributed by atoms with E-state index in [0.717, 1.165) is 51.4 Å². The van der Waals surface area contributed by atoms with Gasteiger partial charge in [-0.1, -0.05) is 12.1 Å². The summed E-state index contributed by atoms with van der Waals surface area (Å²) < 4.78 is 5.34. The first-order valence-electron chi connectivity index (χ1n) is 8.75. The molecule has 2 saturated heterocycles. The van der Waals surface area contributed by atoms with Gasteiger partial charge < -0.3 is 14.7 Å². The predicted molar refractivity (Wildman–Crippen MR) is 100 cm³/mol. The Morgan fingerprint density at radius 2 is 2.04 bits per heavy atom. The lowest BCUT2D eigenvalue weighted by atomic mass is 10.1. The highest BCUT2D eigenvalue weighted by atomic mass is 35.5. The maximum atomic E-state index is 12.4. The van der Waals surface area contributed by atoms with Gasteiger partial charge in [0.2, 0.25) is 11.8 Å². The van der Waals surface area contributed by atoms with Gasteiger partial charge in [0.05, 0.1) is 6.04 Å². The normalized spacial score (nSPS) is 22.2. The maximum absolute atomic E-state index is 12.4. The van der Waals surface area contributed by atoms with Crippen molar-refractivity contribution in [3.05, 3.63) is 11.7 Å². The van der Waals surface area contributed by atoms with Gasteiger partial charge in [-0.2, -0.15) is 4.98 Å². The lowest BCUT2D eigenvalue weighted by Gasteiger charge is -2.37. The zero-order chi connectivity index (χ0) is 16.2. The van der Waals surface area contributed by atoms with Gasteiger partial charge in [0.15, 0.2) is 5.82 Å². The fourth-order valence-corrected chi connectivity index (χ4v) is 3.37. The van der Waals surface area contributed by atoms with Crippen LogP contribution < -0.4 is 5.32 Å². The van der Waals surface area contributed by atoms with E-state index in [1.54, 1.807) is 0 Å². The first-order chi connectivity index (χ1) is 11.2. The third-order valence-corrected chi connectivity index (χ3v) is 4.96. The number of amides is 1. The van der Waals surface area contributed by atoms with E-state index in [0.29, 0.717) is 18.4 Å². The average Bonchev–Trinajstić information content (AvgIpc) is 3.25. The minimum absolute atomic E-state index is 0. The molecule has 1 aromatic rings. The molecule has 1 N–H and O–H groups in total. The Kier molecular flexibility index (Phi) is 9.13. The van der Waals surface area contributed by atoms with E-state index in [1.807, 2.05) is 11.8 Å². The number of hydrogen-bond donors (Lipinski definition) is 1. The number of hydrogen-bond acceptors (Lipinski definition) is 6. The second-order valence-electron chi connectivity index (χ2n) is 6.49. The van der Waals surface area contributed by atoms with Gasteiger partial charge in [-0.3, -0.25) is 9.69 Å². The summed E-state index contributed by atoms with van der Waals surface area (Å²) in [5.74, 6) is 1.71. The SMILES string of the molecule is CCc1noc(C(C)N2CCN(C(=O)CC3CCCN3)CC2)n1.Cl.Cl. The van der Waals surface area contributed by atoms with Gasteiger partial charge >= 0.3 is 0 Å². The van der Waals surface area contributed by atoms with E-state index in [1.165, 1.54) is 6.42 Å². The van der Waals surface area contributed by atoms with Crippen LogP contribution in [0.2, 0.25) is 0 Å². The number of carbonyl (C=O) groups excluding carboxylic acids is 1. The molecular formula is C16H29Cl2N5O2. The number of rotatable bonds is 5. The molecule has 0 spiro atoms. The van der Waals surface area contributed by atoms with Crippen LogP contribution in [0.3, 0.4) is 0 Å². The van der Waals surface area contributed by atoms with E-state index < -0.39 is 0 Å². The van der Waals surface area contributed by atoms with Gasteiger partial charge in [0.25, 0.3) is 0 Å². The summed E-state index contributed by atoms with van der Waals surface area (Å²) >= 11 is 0. The molecule has 2 atom stereocenters.